The van der Waals surface area contributed by atoms with E-state index >= 15 is 0 Å². The highest BCUT2D eigenvalue weighted by Crippen LogP contribution is 2.22. The zero-order valence-corrected chi connectivity index (χ0v) is 12.8. The minimum absolute atomic E-state index is 0.186. The molecule has 0 aliphatic carbocycles. The molecule has 0 radical (unpaired) electrons. The molecule has 1 aliphatic rings. The fourth-order valence-corrected chi connectivity index (χ4v) is 2.31. The van der Waals surface area contributed by atoms with E-state index < -0.39 is 11.7 Å². The Kier molecular flexibility index (Phi) is 6.26. The van der Waals surface area contributed by atoms with Crippen LogP contribution in [0.15, 0.2) is 0 Å². The van der Waals surface area contributed by atoms with Gasteiger partial charge in [0.05, 0.1) is 7.11 Å². The number of nitrogens with one attached hydrogen (secondary N) is 2. The quantitative estimate of drug-likeness (QED) is 0.762. The van der Waals surface area contributed by atoms with Crippen LogP contribution in [0.1, 0.15) is 33.6 Å². The smallest absolute Gasteiger partial charge is 0.407 e. The fourth-order valence-electron chi connectivity index (χ4n) is 2.31. The highest BCUT2D eigenvalue weighted by molar-refractivity contribution is 5.69. The van der Waals surface area contributed by atoms with Crippen LogP contribution in [-0.2, 0) is 14.3 Å². The topological polar surface area (TPSA) is 76.7 Å². The molecule has 1 fully saturated rings. The number of rotatable bonds is 4. The van der Waals surface area contributed by atoms with Crippen molar-refractivity contribution in [1.82, 2.24) is 10.6 Å². The summed E-state index contributed by atoms with van der Waals surface area (Å²) in [5.41, 5.74) is -0.496. The van der Waals surface area contributed by atoms with Crippen molar-refractivity contribution in [3.63, 3.8) is 0 Å². The third kappa shape index (κ3) is 6.23. The van der Waals surface area contributed by atoms with Crippen LogP contribution >= 0.6 is 0 Å². The van der Waals surface area contributed by atoms with E-state index in [2.05, 4.69) is 10.6 Å². The molecular formula is C14H26N2O4. The van der Waals surface area contributed by atoms with E-state index in [1.165, 1.54) is 7.11 Å². The van der Waals surface area contributed by atoms with Gasteiger partial charge in [0.2, 0.25) is 0 Å². The van der Waals surface area contributed by atoms with Crippen molar-refractivity contribution in [2.24, 2.45) is 11.8 Å². The van der Waals surface area contributed by atoms with Crippen LogP contribution in [0.4, 0.5) is 4.79 Å². The standard InChI is InChI=1S/C14H26N2O4/c1-14(2,3)20-13(18)16-9-10-5-6-15-8-11(10)7-12(17)19-4/h10-11,15H,5-9H2,1-4H3,(H,16,18)/t10-,11+/m0/s1. The van der Waals surface area contributed by atoms with Gasteiger partial charge < -0.3 is 20.1 Å². The van der Waals surface area contributed by atoms with Gasteiger partial charge in [0.15, 0.2) is 0 Å². The maximum atomic E-state index is 11.6. The molecule has 2 atom stereocenters. The molecule has 116 valence electrons. The molecule has 1 heterocycles. The van der Waals surface area contributed by atoms with Crippen molar-refractivity contribution in [3.05, 3.63) is 0 Å². The van der Waals surface area contributed by atoms with Crippen LogP contribution < -0.4 is 10.6 Å². The molecule has 1 aliphatic heterocycles. The monoisotopic (exact) mass is 286 g/mol. The first kappa shape index (κ1) is 16.8. The maximum Gasteiger partial charge on any atom is 0.407 e. The normalized spacial score (nSPS) is 23.0. The van der Waals surface area contributed by atoms with E-state index in [1.807, 2.05) is 20.8 Å². The summed E-state index contributed by atoms with van der Waals surface area (Å²) in [7, 11) is 1.40. The Morgan fingerprint density at radius 2 is 2.00 bits per heavy atom. The average Bonchev–Trinajstić information content (AvgIpc) is 2.35. The van der Waals surface area contributed by atoms with Crippen LogP contribution in [0, 0.1) is 11.8 Å². The maximum absolute atomic E-state index is 11.6. The second kappa shape index (κ2) is 7.47. The molecule has 0 aromatic carbocycles. The molecule has 0 aromatic rings. The van der Waals surface area contributed by atoms with E-state index in [-0.39, 0.29) is 17.8 Å². The highest BCUT2D eigenvalue weighted by Gasteiger charge is 2.28. The predicted octanol–water partition coefficient (Wildman–Crippen LogP) is 1.30. The average molecular weight is 286 g/mol. The molecule has 6 nitrogen and oxygen atoms in total. The Morgan fingerprint density at radius 3 is 2.60 bits per heavy atom. The van der Waals surface area contributed by atoms with Gasteiger partial charge in [0.1, 0.15) is 5.60 Å². The first-order valence-electron chi connectivity index (χ1n) is 7.06. The zero-order chi connectivity index (χ0) is 15.2. The van der Waals surface area contributed by atoms with Crippen molar-refractivity contribution in [3.8, 4) is 0 Å². The third-order valence-corrected chi connectivity index (χ3v) is 3.33. The summed E-state index contributed by atoms with van der Waals surface area (Å²) >= 11 is 0. The second-order valence-corrected chi connectivity index (χ2v) is 6.18. The molecule has 20 heavy (non-hydrogen) atoms. The van der Waals surface area contributed by atoms with Gasteiger partial charge in [-0.1, -0.05) is 0 Å². The third-order valence-electron chi connectivity index (χ3n) is 3.33. The minimum Gasteiger partial charge on any atom is -0.469 e. The van der Waals surface area contributed by atoms with Crippen LogP contribution in [0.3, 0.4) is 0 Å². The summed E-state index contributed by atoms with van der Waals surface area (Å²) in [6, 6.07) is 0. The summed E-state index contributed by atoms with van der Waals surface area (Å²) in [6.45, 7) is 7.69. The highest BCUT2D eigenvalue weighted by atomic mass is 16.6. The summed E-state index contributed by atoms with van der Waals surface area (Å²) < 4.78 is 9.92. The van der Waals surface area contributed by atoms with E-state index in [0.29, 0.717) is 13.0 Å². The number of hydrogen-bond acceptors (Lipinski definition) is 5. The van der Waals surface area contributed by atoms with Gasteiger partial charge in [0.25, 0.3) is 0 Å². The number of carbonyl (C=O) groups is 2. The van der Waals surface area contributed by atoms with Gasteiger partial charge in [-0.25, -0.2) is 4.79 Å². The Balaban J connectivity index is 2.42. The summed E-state index contributed by atoms with van der Waals surface area (Å²) in [4.78, 5) is 23.0. The minimum atomic E-state index is -0.496. The van der Waals surface area contributed by atoms with Gasteiger partial charge in [-0.15, -0.1) is 0 Å². The van der Waals surface area contributed by atoms with Gasteiger partial charge in [-0.05, 0) is 52.1 Å². The number of methoxy groups -OCH3 is 1. The zero-order valence-electron chi connectivity index (χ0n) is 12.8. The molecule has 0 bridgehead atoms. The molecular weight excluding hydrogens is 260 g/mol. The number of hydrogen-bond donors (Lipinski definition) is 2. The number of alkyl carbamates (subject to hydrolysis) is 1. The lowest BCUT2D eigenvalue weighted by Crippen LogP contribution is -2.44. The largest absolute Gasteiger partial charge is 0.469 e. The lowest BCUT2D eigenvalue weighted by molar-refractivity contribution is -0.142. The molecule has 0 aromatic heterocycles. The lowest BCUT2D eigenvalue weighted by Gasteiger charge is -2.32. The van der Waals surface area contributed by atoms with Gasteiger partial charge >= 0.3 is 12.1 Å². The second-order valence-electron chi connectivity index (χ2n) is 6.18. The SMILES string of the molecule is COC(=O)C[C@@H]1CNCC[C@H]1CNC(=O)OC(C)(C)C. The molecule has 1 amide bonds. The summed E-state index contributed by atoms with van der Waals surface area (Å²) in [5, 5.41) is 6.06. The number of carbonyl (C=O) groups excluding carboxylic acids is 2. The van der Waals surface area contributed by atoms with E-state index in [4.69, 9.17) is 9.47 Å². The molecule has 2 N–H and O–H groups in total. The first-order chi connectivity index (χ1) is 9.31. The van der Waals surface area contributed by atoms with E-state index in [1.54, 1.807) is 0 Å². The summed E-state index contributed by atoms with van der Waals surface area (Å²) in [6.07, 6.45) is 0.898. The number of ether oxygens (including phenoxy) is 2. The molecule has 1 rings (SSSR count). The number of piperidine rings is 1. The summed E-state index contributed by atoms with van der Waals surface area (Å²) in [5.74, 6) is 0.245. The lowest BCUT2D eigenvalue weighted by atomic mass is 9.84. The van der Waals surface area contributed by atoms with Crippen LogP contribution in [0.25, 0.3) is 0 Å². The Morgan fingerprint density at radius 1 is 1.30 bits per heavy atom. The molecule has 6 heteroatoms. The van der Waals surface area contributed by atoms with Crippen LogP contribution in [0.2, 0.25) is 0 Å². The van der Waals surface area contributed by atoms with Gasteiger partial charge in [-0.2, -0.15) is 0 Å². The van der Waals surface area contributed by atoms with E-state index in [0.717, 1.165) is 19.5 Å². The van der Waals surface area contributed by atoms with E-state index in [9.17, 15) is 9.59 Å². The Labute approximate surface area is 120 Å². The predicted molar refractivity (Wildman–Crippen MR) is 75.3 cm³/mol. The van der Waals surface area contributed by atoms with Crippen molar-refractivity contribution in [2.45, 2.75) is 39.2 Å². The van der Waals surface area contributed by atoms with Crippen molar-refractivity contribution in [1.29, 1.82) is 0 Å². The van der Waals surface area contributed by atoms with Crippen molar-refractivity contribution in [2.75, 3.05) is 26.7 Å². The molecule has 0 saturated carbocycles. The van der Waals surface area contributed by atoms with Crippen molar-refractivity contribution >= 4 is 12.1 Å². The Hall–Kier alpha value is -1.30. The number of amides is 1. The van der Waals surface area contributed by atoms with Crippen molar-refractivity contribution < 1.29 is 19.1 Å². The molecule has 0 unspecified atom stereocenters. The fraction of sp³-hybridized carbons (Fsp3) is 0.857. The number of esters is 1. The molecule has 0 spiro atoms. The van der Waals surface area contributed by atoms with Gasteiger partial charge in [0, 0.05) is 13.0 Å². The molecule has 1 saturated heterocycles. The van der Waals surface area contributed by atoms with Crippen LogP contribution in [0.5, 0.6) is 0 Å². The van der Waals surface area contributed by atoms with Crippen LogP contribution in [-0.4, -0.2) is 44.4 Å². The Bertz CT molecular complexity index is 339. The van der Waals surface area contributed by atoms with Gasteiger partial charge in [-0.3, -0.25) is 4.79 Å². The first-order valence-corrected chi connectivity index (χ1v) is 7.06.